The summed E-state index contributed by atoms with van der Waals surface area (Å²) in [5.74, 6) is 2.09. The fraction of sp³-hybridized carbons (Fsp3) is 0.304. The third-order valence-corrected chi connectivity index (χ3v) is 5.11. The van der Waals surface area contributed by atoms with E-state index in [1.807, 2.05) is 30.3 Å². The molecule has 0 spiro atoms. The van der Waals surface area contributed by atoms with Gasteiger partial charge in [0.1, 0.15) is 5.75 Å². The summed E-state index contributed by atoms with van der Waals surface area (Å²) in [6, 6.07) is 18.1. The summed E-state index contributed by atoms with van der Waals surface area (Å²) in [4.78, 5) is 9.38. The van der Waals surface area contributed by atoms with Gasteiger partial charge in [0.2, 0.25) is 11.7 Å². The summed E-state index contributed by atoms with van der Waals surface area (Å²) in [7, 11) is 1.65. The van der Waals surface area contributed by atoms with Gasteiger partial charge >= 0.3 is 0 Å². The number of ether oxygens (including phenoxy) is 1. The third-order valence-electron chi connectivity index (χ3n) is 5.11. The van der Waals surface area contributed by atoms with Crippen molar-refractivity contribution in [3.8, 4) is 17.1 Å². The summed E-state index contributed by atoms with van der Waals surface area (Å²) in [6.07, 6.45) is 4.43. The summed E-state index contributed by atoms with van der Waals surface area (Å²) in [6.45, 7) is 5.75. The summed E-state index contributed by atoms with van der Waals surface area (Å²) in [5.41, 5.74) is 2.17. The molecule has 4 rings (SSSR count). The monoisotopic (exact) mass is 390 g/mol. The molecule has 1 aromatic heterocycles. The highest BCUT2D eigenvalue weighted by atomic mass is 16.5. The van der Waals surface area contributed by atoms with E-state index in [0.717, 1.165) is 44.0 Å². The Kier molecular flexibility index (Phi) is 6.34. The van der Waals surface area contributed by atoms with Crippen molar-refractivity contribution in [1.29, 1.82) is 0 Å². The Morgan fingerprint density at radius 2 is 1.69 bits per heavy atom. The number of hydrogen-bond acceptors (Lipinski definition) is 6. The second-order valence-electron chi connectivity index (χ2n) is 7.13. The molecule has 0 unspecified atom stereocenters. The van der Waals surface area contributed by atoms with Crippen molar-refractivity contribution in [3.63, 3.8) is 0 Å². The molecule has 0 aliphatic carbocycles. The molecule has 1 saturated heterocycles. The zero-order valence-electron chi connectivity index (χ0n) is 16.7. The van der Waals surface area contributed by atoms with Crippen LogP contribution in [-0.4, -0.2) is 59.8 Å². The molecule has 0 bridgehead atoms. The number of piperazine rings is 1. The minimum Gasteiger partial charge on any atom is -0.497 e. The predicted molar refractivity (Wildman–Crippen MR) is 113 cm³/mol. The largest absolute Gasteiger partial charge is 0.497 e. The molecule has 6 nitrogen and oxygen atoms in total. The fourth-order valence-electron chi connectivity index (χ4n) is 3.40. The molecule has 1 aliphatic rings. The van der Waals surface area contributed by atoms with E-state index in [2.05, 4.69) is 56.4 Å². The number of nitrogens with zero attached hydrogens (tertiary/aromatic N) is 4. The minimum absolute atomic E-state index is 0.618. The molecule has 1 fully saturated rings. The van der Waals surface area contributed by atoms with Crippen LogP contribution in [0.3, 0.4) is 0 Å². The van der Waals surface area contributed by atoms with Gasteiger partial charge in [-0.1, -0.05) is 47.6 Å². The molecular formula is C23H26N4O2. The molecule has 150 valence electrons. The highest BCUT2D eigenvalue weighted by Crippen LogP contribution is 2.20. The maximum Gasteiger partial charge on any atom is 0.241 e. The number of aromatic nitrogens is 2. The van der Waals surface area contributed by atoms with Crippen LogP contribution in [-0.2, 0) is 6.54 Å². The van der Waals surface area contributed by atoms with Gasteiger partial charge in [0.25, 0.3) is 0 Å². The summed E-state index contributed by atoms with van der Waals surface area (Å²) >= 11 is 0. The van der Waals surface area contributed by atoms with Crippen molar-refractivity contribution < 1.29 is 9.26 Å². The zero-order valence-corrected chi connectivity index (χ0v) is 16.7. The second kappa shape index (κ2) is 9.49. The predicted octanol–water partition coefficient (Wildman–Crippen LogP) is 3.58. The number of hydrogen-bond donors (Lipinski definition) is 0. The molecule has 0 atom stereocenters. The van der Waals surface area contributed by atoms with Gasteiger partial charge in [-0.15, -0.1) is 0 Å². The lowest BCUT2D eigenvalue weighted by Gasteiger charge is -2.33. The molecule has 6 heteroatoms. The van der Waals surface area contributed by atoms with E-state index in [4.69, 9.17) is 9.26 Å². The first kappa shape index (κ1) is 19.4. The van der Waals surface area contributed by atoms with Gasteiger partial charge in [-0.05, 0) is 29.8 Å². The minimum atomic E-state index is 0.618. The van der Waals surface area contributed by atoms with E-state index in [0.29, 0.717) is 18.3 Å². The first-order valence-electron chi connectivity index (χ1n) is 9.93. The molecule has 2 heterocycles. The Bertz CT molecular complexity index is 914. The average molecular weight is 390 g/mol. The Labute approximate surface area is 171 Å². The Balaban J connectivity index is 1.24. The smallest absolute Gasteiger partial charge is 0.241 e. The van der Waals surface area contributed by atoms with Crippen LogP contribution in [0.1, 0.15) is 11.5 Å². The summed E-state index contributed by atoms with van der Waals surface area (Å²) < 4.78 is 10.6. The third kappa shape index (κ3) is 5.31. The standard InChI is InChI=1S/C23H26N4O2/c1-28-21-11-9-20(10-12-21)23-24-22(29-25-23)18-27-16-14-26(15-17-27)13-5-8-19-6-3-2-4-7-19/h2-12H,13-18H2,1H3/b8-5+. The molecule has 1 aliphatic heterocycles. The quantitative estimate of drug-likeness (QED) is 0.615. The lowest BCUT2D eigenvalue weighted by atomic mass is 10.2. The maximum absolute atomic E-state index is 5.46. The van der Waals surface area contributed by atoms with Crippen LogP contribution in [0, 0.1) is 0 Å². The van der Waals surface area contributed by atoms with Gasteiger partial charge in [-0.2, -0.15) is 4.98 Å². The van der Waals surface area contributed by atoms with Crippen LogP contribution in [0.2, 0.25) is 0 Å². The molecule has 0 N–H and O–H groups in total. The normalized spacial score (nSPS) is 15.8. The van der Waals surface area contributed by atoms with Crippen LogP contribution in [0.25, 0.3) is 17.5 Å². The topological polar surface area (TPSA) is 54.6 Å². The van der Waals surface area contributed by atoms with Crippen molar-refractivity contribution in [2.24, 2.45) is 0 Å². The van der Waals surface area contributed by atoms with E-state index < -0.39 is 0 Å². The molecule has 0 saturated carbocycles. The van der Waals surface area contributed by atoms with Gasteiger partial charge < -0.3 is 9.26 Å². The summed E-state index contributed by atoms with van der Waals surface area (Å²) in [5, 5.41) is 4.12. The molecule has 0 radical (unpaired) electrons. The van der Waals surface area contributed by atoms with Crippen LogP contribution in [0.4, 0.5) is 0 Å². The van der Waals surface area contributed by atoms with Crippen LogP contribution in [0.15, 0.2) is 65.2 Å². The van der Waals surface area contributed by atoms with E-state index in [1.165, 1.54) is 5.56 Å². The Hall–Kier alpha value is -2.96. The van der Waals surface area contributed by atoms with Gasteiger partial charge in [0, 0.05) is 38.3 Å². The molecule has 2 aromatic carbocycles. The van der Waals surface area contributed by atoms with Crippen LogP contribution < -0.4 is 4.74 Å². The molecule has 0 amide bonds. The second-order valence-corrected chi connectivity index (χ2v) is 7.13. The van der Waals surface area contributed by atoms with E-state index in [1.54, 1.807) is 7.11 Å². The number of methoxy groups -OCH3 is 1. The van der Waals surface area contributed by atoms with Gasteiger partial charge in [0.05, 0.1) is 13.7 Å². The maximum atomic E-state index is 5.46. The average Bonchev–Trinajstić information content (AvgIpc) is 3.24. The lowest BCUT2D eigenvalue weighted by Crippen LogP contribution is -2.45. The van der Waals surface area contributed by atoms with Gasteiger partial charge in [-0.3, -0.25) is 9.80 Å². The zero-order chi connectivity index (χ0) is 19.9. The van der Waals surface area contributed by atoms with Crippen molar-refractivity contribution in [1.82, 2.24) is 19.9 Å². The van der Waals surface area contributed by atoms with Gasteiger partial charge in [0.15, 0.2) is 0 Å². The molecular weight excluding hydrogens is 364 g/mol. The number of benzene rings is 2. The lowest BCUT2D eigenvalue weighted by molar-refractivity contribution is 0.125. The van der Waals surface area contributed by atoms with Crippen molar-refractivity contribution in [2.75, 3.05) is 39.8 Å². The van der Waals surface area contributed by atoms with Crippen molar-refractivity contribution in [2.45, 2.75) is 6.54 Å². The number of rotatable bonds is 7. The van der Waals surface area contributed by atoms with Crippen LogP contribution >= 0.6 is 0 Å². The Morgan fingerprint density at radius 3 is 2.41 bits per heavy atom. The van der Waals surface area contributed by atoms with Crippen LogP contribution in [0.5, 0.6) is 5.75 Å². The first-order chi connectivity index (χ1) is 14.3. The van der Waals surface area contributed by atoms with E-state index >= 15 is 0 Å². The van der Waals surface area contributed by atoms with Crippen molar-refractivity contribution in [3.05, 3.63) is 72.1 Å². The van der Waals surface area contributed by atoms with E-state index in [9.17, 15) is 0 Å². The van der Waals surface area contributed by atoms with Gasteiger partial charge in [-0.25, -0.2) is 0 Å². The highest BCUT2D eigenvalue weighted by Gasteiger charge is 2.18. The van der Waals surface area contributed by atoms with Crippen molar-refractivity contribution >= 4 is 6.08 Å². The molecule has 29 heavy (non-hydrogen) atoms. The molecule has 3 aromatic rings. The van der Waals surface area contributed by atoms with E-state index in [-0.39, 0.29) is 0 Å². The Morgan fingerprint density at radius 1 is 0.966 bits per heavy atom. The highest BCUT2D eigenvalue weighted by molar-refractivity contribution is 5.55. The SMILES string of the molecule is COc1ccc(-c2noc(CN3CCN(C/C=C/c4ccccc4)CC3)n2)cc1. The first-order valence-corrected chi connectivity index (χ1v) is 9.93. The fourth-order valence-corrected chi connectivity index (χ4v) is 3.40.